The van der Waals surface area contributed by atoms with Crippen LogP contribution in [0, 0.1) is 0 Å². The number of nitrogens with one attached hydrogen (secondary N) is 1. The van der Waals surface area contributed by atoms with Crippen molar-refractivity contribution in [1.82, 2.24) is 10.1 Å². The predicted molar refractivity (Wildman–Crippen MR) is 120 cm³/mol. The van der Waals surface area contributed by atoms with Crippen LogP contribution in [-0.4, -0.2) is 48.1 Å². The van der Waals surface area contributed by atoms with Gasteiger partial charge in [0.15, 0.2) is 0 Å². The van der Waals surface area contributed by atoms with Crippen LogP contribution in [0.4, 0.5) is 23.2 Å². The Bertz CT molecular complexity index is 1190. The number of sulfonamides is 1. The Morgan fingerprint density at radius 1 is 1.29 bits per heavy atom. The van der Waals surface area contributed by atoms with Gasteiger partial charge in [-0.25, -0.2) is 17.6 Å². The van der Waals surface area contributed by atoms with Gasteiger partial charge in [-0.2, -0.15) is 18.2 Å². The van der Waals surface area contributed by atoms with Crippen LogP contribution in [-0.2, 0) is 14.8 Å². The number of aliphatic carboxylic acids is 1. The highest BCUT2D eigenvalue weighted by Gasteiger charge is 2.38. The van der Waals surface area contributed by atoms with Crippen molar-refractivity contribution >= 4 is 33.3 Å². The van der Waals surface area contributed by atoms with Crippen LogP contribution in [0.5, 0.6) is 0 Å². The molecule has 0 aliphatic heterocycles. The van der Waals surface area contributed by atoms with Gasteiger partial charge in [0.05, 0.1) is 23.2 Å². The molecule has 1 heterocycles. The van der Waals surface area contributed by atoms with E-state index in [0.717, 1.165) is 37.5 Å². The fourth-order valence-corrected chi connectivity index (χ4v) is 3.97. The first kappa shape index (κ1) is 28.5. The molecule has 1 saturated carbocycles. The lowest BCUT2D eigenvalue weighted by atomic mass is 9.98. The molecule has 0 amide bonds. The van der Waals surface area contributed by atoms with Gasteiger partial charge in [0.2, 0.25) is 21.7 Å². The molecule has 1 aromatic heterocycles. The second kappa shape index (κ2) is 11.4. The topological polar surface area (TPSA) is 148 Å². The maximum absolute atomic E-state index is 14.6. The van der Waals surface area contributed by atoms with Gasteiger partial charge >= 0.3 is 12.1 Å². The molecule has 2 atom stereocenters. The molecule has 0 bridgehead atoms. The molecular weight excluding hydrogens is 520 g/mol. The monoisotopic (exact) mass is 542 g/mol. The van der Waals surface area contributed by atoms with Crippen LogP contribution in [0.1, 0.15) is 44.4 Å². The van der Waals surface area contributed by atoms with Crippen LogP contribution in [0.3, 0.4) is 0 Å². The van der Waals surface area contributed by atoms with Crippen molar-refractivity contribution in [3.63, 3.8) is 0 Å². The van der Waals surface area contributed by atoms with Gasteiger partial charge in [0.1, 0.15) is 5.83 Å². The molecule has 1 aliphatic carbocycles. The molecule has 1 aromatic carbocycles. The molecule has 1 fully saturated rings. The third-order valence-electron chi connectivity index (χ3n) is 4.96. The number of nitrogens with two attached hydrogens (primary N) is 1. The molecule has 9 nitrogen and oxygen atoms in total. The fraction of sp³-hybridized carbons (Fsp3) is 0.450. The Morgan fingerprint density at radius 3 is 2.34 bits per heavy atom. The molecule has 0 radical (unpaired) electrons. The lowest BCUT2D eigenvalue weighted by Gasteiger charge is -2.16. The lowest BCUT2D eigenvalue weighted by Crippen LogP contribution is -2.28. The van der Waals surface area contributed by atoms with E-state index >= 15 is 0 Å². The molecule has 1 aliphatic rings. The summed E-state index contributed by atoms with van der Waals surface area (Å²) in [5.74, 6) is -3.12. The average molecular weight is 543 g/mol. The molecule has 194 valence electrons. The van der Waals surface area contributed by atoms with E-state index in [4.69, 9.17) is 31.8 Å². The van der Waals surface area contributed by atoms with Crippen LogP contribution in [0.25, 0.3) is 11.4 Å². The number of allylic oxidation sites excluding steroid dienone is 1. The summed E-state index contributed by atoms with van der Waals surface area (Å²) in [6.45, 7) is 1.73. The van der Waals surface area contributed by atoms with E-state index in [1.807, 2.05) is 0 Å². The second-order valence-electron chi connectivity index (χ2n) is 7.80. The van der Waals surface area contributed by atoms with Crippen LogP contribution in [0.2, 0.25) is 5.02 Å². The predicted octanol–water partition coefficient (Wildman–Crippen LogP) is 4.62. The van der Waals surface area contributed by atoms with E-state index in [0.29, 0.717) is 11.3 Å². The Hall–Kier alpha value is -2.71. The van der Waals surface area contributed by atoms with E-state index < -0.39 is 34.1 Å². The minimum absolute atomic E-state index is 0.214. The Labute approximate surface area is 203 Å². The van der Waals surface area contributed by atoms with Gasteiger partial charge in [-0.05, 0) is 49.5 Å². The van der Waals surface area contributed by atoms with Gasteiger partial charge in [0.25, 0.3) is 0 Å². The molecule has 3 rings (SSSR count). The standard InChI is InChI=1S/C18H22ClFN4O3S.C2HF3O2/c1-10(16(21)15(20)11-5-3-4-6-11)18-22-17(23-27-18)13-8-7-12(9-14(13)19)24-28(2,25)26;3-2(4,5)1(6)7/h7-10,16,24H,3-6,21H2,1-2H3;(H,6,7)/t10?,16-;/m0./s1. The van der Waals surface area contributed by atoms with Crippen LogP contribution >= 0.6 is 11.6 Å². The number of rotatable bonds is 6. The van der Waals surface area contributed by atoms with E-state index in [2.05, 4.69) is 14.9 Å². The highest BCUT2D eigenvalue weighted by Crippen LogP contribution is 2.34. The Morgan fingerprint density at radius 2 is 1.86 bits per heavy atom. The molecule has 4 N–H and O–H groups in total. The summed E-state index contributed by atoms with van der Waals surface area (Å²) >= 11 is 6.23. The molecule has 1 unspecified atom stereocenters. The highest BCUT2D eigenvalue weighted by atomic mass is 35.5. The number of carboxylic acid groups (broad SMARTS) is 1. The van der Waals surface area contributed by atoms with Crippen molar-refractivity contribution < 1.29 is 40.4 Å². The number of benzene rings is 1. The fourth-order valence-electron chi connectivity index (χ4n) is 3.15. The first-order valence-electron chi connectivity index (χ1n) is 10.1. The largest absolute Gasteiger partial charge is 0.490 e. The van der Waals surface area contributed by atoms with Gasteiger partial charge in [-0.15, -0.1) is 0 Å². The molecule has 0 saturated heterocycles. The van der Waals surface area contributed by atoms with Gasteiger partial charge in [-0.1, -0.05) is 23.7 Å². The molecule has 0 spiro atoms. The van der Waals surface area contributed by atoms with Crippen molar-refractivity contribution in [1.29, 1.82) is 0 Å². The number of aromatic nitrogens is 2. The van der Waals surface area contributed by atoms with Crippen molar-refractivity contribution in [3.05, 3.63) is 40.5 Å². The maximum Gasteiger partial charge on any atom is 0.490 e. The quantitative estimate of drug-likeness (QED) is 0.448. The summed E-state index contributed by atoms with van der Waals surface area (Å²) in [6.07, 6.45) is -0.588. The number of carbonyl (C=O) groups is 1. The first-order valence-corrected chi connectivity index (χ1v) is 12.4. The first-order chi connectivity index (χ1) is 16.1. The summed E-state index contributed by atoms with van der Waals surface area (Å²) in [5, 5.41) is 11.3. The van der Waals surface area contributed by atoms with Crippen molar-refractivity contribution in [2.45, 2.75) is 50.7 Å². The van der Waals surface area contributed by atoms with Crippen molar-refractivity contribution in [3.8, 4) is 11.4 Å². The third-order valence-corrected chi connectivity index (χ3v) is 5.88. The summed E-state index contributed by atoms with van der Waals surface area (Å²) in [4.78, 5) is 13.2. The van der Waals surface area contributed by atoms with Crippen LogP contribution < -0.4 is 10.5 Å². The maximum atomic E-state index is 14.6. The SMILES string of the molecule is CC(c1nc(-c2ccc(NS(C)(=O)=O)cc2Cl)no1)[C@H](N)C(F)=C1CCCC1.O=C(O)C(F)(F)F. The number of anilines is 1. The zero-order valence-electron chi connectivity index (χ0n) is 18.6. The zero-order valence-corrected chi connectivity index (χ0v) is 20.1. The molecule has 35 heavy (non-hydrogen) atoms. The third kappa shape index (κ3) is 8.18. The number of alkyl halides is 3. The van der Waals surface area contributed by atoms with E-state index in [-0.39, 0.29) is 22.6 Å². The molecule has 15 heteroatoms. The molecular formula is C20H23ClF4N4O5S. The number of nitrogens with zero attached hydrogens (tertiary/aromatic N) is 2. The van der Waals surface area contributed by atoms with Crippen molar-refractivity contribution in [2.75, 3.05) is 11.0 Å². The summed E-state index contributed by atoms with van der Waals surface area (Å²) in [6, 6.07) is 3.72. The normalized spacial score (nSPS) is 15.7. The average Bonchev–Trinajstić information content (AvgIpc) is 3.43. The van der Waals surface area contributed by atoms with E-state index in [1.54, 1.807) is 13.0 Å². The smallest absolute Gasteiger partial charge is 0.475 e. The lowest BCUT2D eigenvalue weighted by molar-refractivity contribution is -0.192. The minimum Gasteiger partial charge on any atom is -0.475 e. The van der Waals surface area contributed by atoms with Crippen LogP contribution in [0.15, 0.2) is 34.1 Å². The van der Waals surface area contributed by atoms with Gasteiger partial charge in [0, 0.05) is 11.3 Å². The number of hydrogen-bond acceptors (Lipinski definition) is 7. The Kier molecular flexibility index (Phi) is 9.25. The number of carboxylic acids is 1. The Balaban J connectivity index is 0.000000540. The van der Waals surface area contributed by atoms with E-state index in [9.17, 15) is 26.0 Å². The van der Waals surface area contributed by atoms with Crippen molar-refractivity contribution in [2.24, 2.45) is 5.73 Å². The number of hydrogen-bond donors (Lipinski definition) is 3. The van der Waals surface area contributed by atoms with E-state index in [1.165, 1.54) is 12.1 Å². The number of halogens is 5. The molecule has 2 aromatic rings. The van der Waals surface area contributed by atoms with Gasteiger partial charge in [-0.3, -0.25) is 4.72 Å². The summed E-state index contributed by atoms with van der Waals surface area (Å²) in [7, 11) is -3.42. The minimum atomic E-state index is -5.08. The van der Waals surface area contributed by atoms with Gasteiger partial charge < -0.3 is 15.4 Å². The summed E-state index contributed by atoms with van der Waals surface area (Å²) in [5.41, 5.74) is 7.64. The highest BCUT2D eigenvalue weighted by molar-refractivity contribution is 7.92. The second-order valence-corrected chi connectivity index (χ2v) is 9.96. The zero-order chi connectivity index (χ0) is 26.6. The summed E-state index contributed by atoms with van der Waals surface area (Å²) < 4.78 is 76.6.